The van der Waals surface area contributed by atoms with E-state index in [0.717, 1.165) is 17.0 Å². The fourth-order valence-corrected chi connectivity index (χ4v) is 4.72. The molecule has 0 saturated carbocycles. The van der Waals surface area contributed by atoms with Gasteiger partial charge in [0.05, 0.1) is 10.6 Å². The average molecular weight is 424 g/mol. The summed E-state index contributed by atoms with van der Waals surface area (Å²) in [5.41, 5.74) is 1.77. The second kappa shape index (κ2) is 8.83. The monoisotopic (exact) mass is 423 g/mol. The molecule has 1 aliphatic rings. The summed E-state index contributed by atoms with van der Waals surface area (Å²) in [6, 6.07) is 13.4. The number of esters is 1. The first kappa shape index (κ1) is 20.3. The normalized spacial score (nSPS) is 18.9. The number of rotatable bonds is 5. The van der Waals surface area contributed by atoms with Crippen molar-refractivity contribution >= 4 is 23.2 Å². The van der Waals surface area contributed by atoms with Gasteiger partial charge in [0.15, 0.2) is 6.61 Å². The van der Waals surface area contributed by atoms with Crippen LogP contribution in [-0.2, 0) is 9.53 Å². The molecule has 1 fully saturated rings. The number of thiophene rings is 1. The number of para-hydroxylation sites is 1. The number of benzene rings is 1. The van der Waals surface area contributed by atoms with E-state index in [1.54, 1.807) is 15.8 Å². The van der Waals surface area contributed by atoms with Crippen molar-refractivity contribution < 1.29 is 14.3 Å². The molecular formula is C23H25N3O3S. The number of likely N-dealkylation sites (tertiary alicyclic amines) is 1. The molecule has 0 bridgehead atoms. The number of amides is 1. The van der Waals surface area contributed by atoms with E-state index < -0.39 is 5.97 Å². The van der Waals surface area contributed by atoms with Crippen LogP contribution in [-0.4, -0.2) is 46.3 Å². The largest absolute Gasteiger partial charge is 0.452 e. The van der Waals surface area contributed by atoms with Crippen LogP contribution in [0.25, 0.3) is 16.3 Å². The Balaban J connectivity index is 1.52. The molecule has 1 saturated heterocycles. The minimum absolute atomic E-state index is 0.144. The quantitative estimate of drug-likeness (QED) is 0.575. The SMILES string of the molecule is C[C@H]1C[C@H](C)CN(C(=O)COC(=O)c2cn(-c3ccccc3)nc2-c2cccs2)C1. The maximum Gasteiger partial charge on any atom is 0.342 e. The molecule has 2 atom stereocenters. The topological polar surface area (TPSA) is 64.4 Å². The van der Waals surface area contributed by atoms with E-state index in [4.69, 9.17) is 4.74 Å². The number of ether oxygens (including phenoxy) is 1. The fraction of sp³-hybridized carbons (Fsp3) is 0.348. The van der Waals surface area contributed by atoms with E-state index >= 15 is 0 Å². The molecule has 156 valence electrons. The summed E-state index contributed by atoms with van der Waals surface area (Å²) in [7, 11) is 0. The van der Waals surface area contributed by atoms with Crippen LogP contribution in [0.3, 0.4) is 0 Å². The Labute approximate surface area is 180 Å². The number of carbonyl (C=O) groups is 2. The lowest BCUT2D eigenvalue weighted by Gasteiger charge is -2.34. The van der Waals surface area contributed by atoms with Crippen LogP contribution >= 0.6 is 11.3 Å². The highest BCUT2D eigenvalue weighted by atomic mass is 32.1. The first-order valence-electron chi connectivity index (χ1n) is 10.1. The van der Waals surface area contributed by atoms with Gasteiger partial charge in [-0.15, -0.1) is 11.3 Å². The van der Waals surface area contributed by atoms with E-state index in [1.165, 1.54) is 11.3 Å². The molecule has 0 unspecified atom stereocenters. The van der Waals surface area contributed by atoms with E-state index in [0.29, 0.717) is 36.2 Å². The van der Waals surface area contributed by atoms with E-state index in [1.807, 2.05) is 47.8 Å². The molecular weight excluding hydrogens is 398 g/mol. The van der Waals surface area contributed by atoms with Crippen LogP contribution in [0.1, 0.15) is 30.6 Å². The Morgan fingerprint density at radius 3 is 2.50 bits per heavy atom. The standard InChI is InChI=1S/C23H25N3O3S/c1-16-11-17(2)13-25(12-16)21(27)15-29-23(28)19-14-26(18-7-4-3-5-8-18)24-22(19)20-9-6-10-30-20/h3-10,14,16-17H,11-13,15H2,1-2H3/t16-,17-/m0/s1. The maximum atomic E-state index is 12.9. The minimum Gasteiger partial charge on any atom is -0.452 e. The van der Waals surface area contributed by atoms with Gasteiger partial charge in [-0.25, -0.2) is 9.48 Å². The summed E-state index contributed by atoms with van der Waals surface area (Å²) in [6.45, 7) is 5.47. The van der Waals surface area contributed by atoms with Crippen molar-refractivity contribution in [1.82, 2.24) is 14.7 Å². The Morgan fingerprint density at radius 2 is 1.83 bits per heavy atom. The lowest BCUT2D eigenvalue weighted by Crippen LogP contribution is -2.44. The van der Waals surface area contributed by atoms with Gasteiger partial charge in [0.2, 0.25) is 0 Å². The highest BCUT2D eigenvalue weighted by Gasteiger charge is 2.27. The summed E-state index contributed by atoms with van der Waals surface area (Å²) in [4.78, 5) is 28.2. The Bertz CT molecular complexity index is 1000. The third-order valence-corrected chi connectivity index (χ3v) is 6.13. The maximum absolute atomic E-state index is 12.9. The van der Waals surface area contributed by atoms with Gasteiger partial charge in [-0.3, -0.25) is 4.79 Å². The smallest absolute Gasteiger partial charge is 0.342 e. The molecule has 30 heavy (non-hydrogen) atoms. The first-order valence-corrected chi connectivity index (χ1v) is 11.0. The number of carbonyl (C=O) groups excluding carboxylic acids is 2. The minimum atomic E-state index is -0.535. The van der Waals surface area contributed by atoms with E-state index in [9.17, 15) is 9.59 Å². The van der Waals surface area contributed by atoms with Crippen molar-refractivity contribution in [2.75, 3.05) is 19.7 Å². The third kappa shape index (κ3) is 4.46. The second-order valence-corrected chi connectivity index (χ2v) is 8.92. The van der Waals surface area contributed by atoms with Gasteiger partial charge < -0.3 is 9.64 Å². The molecule has 2 aromatic heterocycles. The number of nitrogens with zero attached hydrogens (tertiary/aromatic N) is 3. The number of hydrogen-bond donors (Lipinski definition) is 0. The molecule has 4 rings (SSSR count). The van der Waals surface area contributed by atoms with Gasteiger partial charge in [-0.1, -0.05) is 38.1 Å². The van der Waals surface area contributed by atoms with Crippen LogP contribution in [0.5, 0.6) is 0 Å². The first-order chi connectivity index (χ1) is 14.5. The molecule has 0 radical (unpaired) electrons. The predicted molar refractivity (Wildman–Crippen MR) is 117 cm³/mol. The van der Waals surface area contributed by atoms with Crippen LogP contribution in [0.15, 0.2) is 54.0 Å². The number of hydrogen-bond acceptors (Lipinski definition) is 5. The summed E-state index contributed by atoms with van der Waals surface area (Å²) < 4.78 is 7.09. The van der Waals surface area contributed by atoms with Gasteiger partial charge in [0.25, 0.3) is 5.91 Å². The number of piperidine rings is 1. The van der Waals surface area contributed by atoms with Gasteiger partial charge in [0.1, 0.15) is 11.3 Å². The Morgan fingerprint density at radius 1 is 1.10 bits per heavy atom. The molecule has 6 nitrogen and oxygen atoms in total. The van der Waals surface area contributed by atoms with Crippen LogP contribution in [0.2, 0.25) is 0 Å². The average Bonchev–Trinajstić information content (AvgIpc) is 3.41. The second-order valence-electron chi connectivity index (χ2n) is 7.97. The lowest BCUT2D eigenvalue weighted by molar-refractivity contribution is -0.137. The van der Waals surface area contributed by atoms with Crippen molar-refractivity contribution in [2.24, 2.45) is 11.8 Å². The highest BCUT2D eigenvalue weighted by Crippen LogP contribution is 2.28. The molecule has 1 amide bonds. The van der Waals surface area contributed by atoms with Crippen molar-refractivity contribution in [3.8, 4) is 16.3 Å². The Kier molecular flexibility index (Phi) is 5.99. The summed E-state index contributed by atoms with van der Waals surface area (Å²) >= 11 is 1.50. The number of aromatic nitrogens is 2. The molecule has 3 heterocycles. The Hall–Kier alpha value is -2.93. The van der Waals surface area contributed by atoms with Crippen LogP contribution in [0.4, 0.5) is 0 Å². The molecule has 3 aromatic rings. The summed E-state index contributed by atoms with van der Waals surface area (Å²) in [5.74, 6) is 0.243. The van der Waals surface area contributed by atoms with Gasteiger partial charge in [-0.2, -0.15) is 5.10 Å². The van der Waals surface area contributed by atoms with Crippen molar-refractivity contribution in [2.45, 2.75) is 20.3 Å². The molecule has 0 aliphatic carbocycles. The molecule has 1 aromatic carbocycles. The molecule has 7 heteroatoms. The lowest BCUT2D eigenvalue weighted by atomic mass is 9.92. The van der Waals surface area contributed by atoms with E-state index in [-0.39, 0.29) is 12.5 Å². The molecule has 0 spiro atoms. The zero-order valence-electron chi connectivity index (χ0n) is 17.2. The van der Waals surface area contributed by atoms with Gasteiger partial charge in [-0.05, 0) is 41.8 Å². The van der Waals surface area contributed by atoms with Crippen LogP contribution in [0, 0.1) is 11.8 Å². The zero-order valence-corrected chi connectivity index (χ0v) is 18.0. The van der Waals surface area contributed by atoms with Gasteiger partial charge >= 0.3 is 5.97 Å². The highest BCUT2D eigenvalue weighted by molar-refractivity contribution is 7.13. The predicted octanol–water partition coefficient (Wildman–Crippen LogP) is 4.26. The van der Waals surface area contributed by atoms with Gasteiger partial charge in [0, 0.05) is 19.3 Å². The molecule has 1 aliphatic heterocycles. The van der Waals surface area contributed by atoms with Crippen molar-refractivity contribution in [3.63, 3.8) is 0 Å². The van der Waals surface area contributed by atoms with Crippen LogP contribution < -0.4 is 0 Å². The van der Waals surface area contributed by atoms with Crippen molar-refractivity contribution in [1.29, 1.82) is 0 Å². The summed E-state index contributed by atoms with van der Waals surface area (Å²) in [6.07, 6.45) is 2.79. The zero-order chi connectivity index (χ0) is 21.1. The third-order valence-electron chi connectivity index (χ3n) is 5.26. The van der Waals surface area contributed by atoms with Crippen molar-refractivity contribution in [3.05, 3.63) is 59.6 Å². The summed E-state index contributed by atoms with van der Waals surface area (Å²) in [5, 5.41) is 6.55. The fourth-order valence-electron chi connectivity index (χ4n) is 3.99. The molecule has 0 N–H and O–H groups in total. The van der Waals surface area contributed by atoms with E-state index in [2.05, 4.69) is 18.9 Å².